The third kappa shape index (κ3) is 2.14. The van der Waals surface area contributed by atoms with Crippen LogP contribution in [0, 0.1) is 0 Å². The summed E-state index contributed by atoms with van der Waals surface area (Å²) in [6.07, 6.45) is 10.6. The Morgan fingerprint density at radius 1 is 1.08 bits per heavy atom. The van der Waals surface area contributed by atoms with Crippen LogP contribution in [0.5, 0.6) is 0 Å². The lowest BCUT2D eigenvalue weighted by Gasteiger charge is -2.41. The predicted octanol–water partition coefficient (Wildman–Crippen LogP) is 4.38. The van der Waals surface area contributed by atoms with Gasteiger partial charge in [-0.05, 0) is 17.0 Å². The molecule has 0 amide bonds. The average Bonchev–Trinajstić information content (AvgIpc) is 2.04. The molecule has 0 bridgehead atoms. The predicted molar refractivity (Wildman–Crippen MR) is 63.8 cm³/mol. The molecule has 0 N–H and O–H groups in total. The van der Waals surface area contributed by atoms with Gasteiger partial charge in [0.15, 0.2) is 0 Å². The highest BCUT2D eigenvalue weighted by Gasteiger charge is 2.39. The molecule has 0 saturated heterocycles. The molecule has 1 rings (SSSR count). The van der Waals surface area contributed by atoms with E-state index in [9.17, 15) is 0 Å². The summed E-state index contributed by atoms with van der Waals surface area (Å²) < 4.78 is 0. The fourth-order valence-corrected chi connectivity index (χ4v) is 3.81. The summed E-state index contributed by atoms with van der Waals surface area (Å²) in [5.41, 5.74) is 0.737. The van der Waals surface area contributed by atoms with Crippen LogP contribution in [0.15, 0.2) is 24.3 Å². The summed E-state index contributed by atoms with van der Waals surface area (Å²) in [5, 5.41) is 0.490. The summed E-state index contributed by atoms with van der Waals surface area (Å²) in [6.45, 7) is 12.1. The Kier molecular flexibility index (Phi) is 2.86. The van der Waals surface area contributed by atoms with E-state index in [1.54, 1.807) is 0 Å². The van der Waals surface area contributed by atoms with Crippen molar-refractivity contribution in [2.24, 2.45) is 0 Å². The minimum Gasteiger partial charge on any atom is -0.0844 e. The first-order chi connectivity index (χ1) is 5.86. The van der Waals surface area contributed by atoms with Crippen LogP contribution in [-0.2, 0) is 0 Å². The van der Waals surface area contributed by atoms with E-state index >= 15 is 0 Å². The summed E-state index contributed by atoms with van der Waals surface area (Å²) >= 11 is 0. The van der Waals surface area contributed by atoms with Gasteiger partial charge in [0.05, 0.1) is 8.07 Å². The van der Waals surface area contributed by atoms with Gasteiger partial charge in [0, 0.05) is 0 Å². The van der Waals surface area contributed by atoms with E-state index in [1.807, 2.05) is 0 Å². The maximum absolute atomic E-state index is 2.50. The first-order valence-electron chi connectivity index (χ1n) is 5.19. The Morgan fingerprint density at radius 2 is 1.54 bits per heavy atom. The molecule has 0 aromatic heterocycles. The molecule has 1 aliphatic rings. The van der Waals surface area contributed by atoms with Gasteiger partial charge in [0.1, 0.15) is 0 Å². The van der Waals surface area contributed by atoms with Gasteiger partial charge in [-0.2, -0.15) is 0 Å². The molecule has 0 atom stereocenters. The molecule has 13 heavy (non-hydrogen) atoms. The van der Waals surface area contributed by atoms with Crippen LogP contribution in [0.2, 0.25) is 23.7 Å². The lowest BCUT2D eigenvalue weighted by molar-refractivity contribution is 0.710. The molecule has 0 aliphatic heterocycles. The second-order valence-corrected chi connectivity index (χ2v) is 11.2. The fraction of sp³-hybridized carbons (Fsp3) is 0.667. The number of rotatable bonds is 1. The number of hydrogen-bond acceptors (Lipinski definition) is 0. The van der Waals surface area contributed by atoms with Gasteiger partial charge in [-0.25, -0.2) is 0 Å². The monoisotopic (exact) mass is 194 g/mol. The molecular weight excluding hydrogens is 172 g/mol. The highest BCUT2D eigenvalue weighted by Crippen LogP contribution is 2.45. The van der Waals surface area contributed by atoms with E-state index in [1.165, 1.54) is 0 Å². The Balaban J connectivity index is 2.85. The summed E-state index contributed by atoms with van der Waals surface area (Å²) in [6, 6.07) is 0. The SMILES string of the molecule is CC(C)(C)[Si](C)(C)C1C=CCC=C1. The standard InChI is InChI=1S/C12H22Si/c1-12(2,3)13(4,5)11-9-7-6-8-10-11/h7-11H,6H2,1-5H3. The second kappa shape index (κ2) is 3.45. The molecule has 0 aromatic carbocycles. The smallest absolute Gasteiger partial charge is 0.0641 e. The van der Waals surface area contributed by atoms with Crippen molar-refractivity contribution in [3.05, 3.63) is 24.3 Å². The van der Waals surface area contributed by atoms with Crippen LogP contribution in [0.1, 0.15) is 27.2 Å². The molecule has 0 aromatic rings. The summed E-state index contributed by atoms with van der Waals surface area (Å²) in [4.78, 5) is 0. The first kappa shape index (κ1) is 10.8. The molecule has 0 radical (unpaired) electrons. The molecule has 0 heterocycles. The minimum absolute atomic E-state index is 0.490. The third-order valence-electron chi connectivity index (χ3n) is 3.73. The average molecular weight is 194 g/mol. The maximum Gasteiger partial charge on any atom is 0.0641 e. The van der Waals surface area contributed by atoms with Crippen molar-refractivity contribution in [1.82, 2.24) is 0 Å². The van der Waals surface area contributed by atoms with Crippen LogP contribution in [-0.4, -0.2) is 8.07 Å². The molecular formula is C12H22Si. The van der Waals surface area contributed by atoms with Gasteiger partial charge >= 0.3 is 0 Å². The zero-order valence-corrected chi connectivity index (χ0v) is 10.6. The normalized spacial score (nSPS) is 19.5. The molecule has 0 saturated carbocycles. The minimum atomic E-state index is -1.18. The third-order valence-corrected chi connectivity index (χ3v) is 9.64. The van der Waals surface area contributed by atoms with Gasteiger partial charge in [-0.3, -0.25) is 0 Å². The van der Waals surface area contributed by atoms with Crippen molar-refractivity contribution in [3.63, 3.8) is 0 Å². The van der Waals surface area contributed by atoms with E-state index in [-0.39, 0.29) is 0 Å². The Morgan fingerprint density at radius 3 is 1.92 bits per heavy atom. The topological polar surface area (TPSA) is 0 Å². The lowest BCUT2D eigenvalue weighted by atomic mass is 10.2. The molecule has 1 aliphatic carbocycles. The van der Waals surface area contributed by atoms with Gasteiger partial charge < -0.3 is 0 Å². The van der Waals surface area contributed by atoms with E-state index in [0.29, 0.717) is 5.04 Å². The second-order valence-electron chi connectivity index (χ2n) is 5.59. The summed E-state index contributed by atoms with van der Waals surface area (Å²) in [5.74, 6) is 0. The van der Waals surface area contributed by atoms with Crippen molar-refractivity contribution in [2.75, 3.05) is 0 Å². The van der Waals surface area contributed by atoms with E-state index in [4.69, 9.17) is 0 Å². The van der Waals surface area contributed by atoms with Gasteiger partial charge in [0.25, 0.3) is 0 Å². The van der Waals surface area contributed by atoms with Crippen LogP contribution >= 0.6 is 0 Å². The van der Waals surface area contributed by atoms with Crippen molar-refractivity contribution in [3.8, 4) is 0 Å². The van der Waals surface area contributed by atoms with Gasteiger partial charge in [-0.1, -0.05) is 58.2 Å². The van der Waals surface area contributed by atoms with E-state index in [0.717, 1.165) is 12.0 Å². The Labute approximate surface area is 83.7 Å². The van der Waals surface area contributed by atoms with E-state index < -0.39 is 8.07 Å². The molecule has 74 valence electrons. The molecule has 1 heteroatoms. The van der Waals surface area contributed by atoms with Gasteiger partial charge in [0.2, 0.25) is 0 Å². The van der Waals surface area contributed by atoms with E-state index in [2.05, 4.69) is 58.2 Å². The molecule has 0 unspecified atom stereocenters. The van der Waals surface area contributed by atoms with Gasteiger partial charge in [-0.15, -0.1) is 0 Å². The zero-order chi connectivity index (χ0) is 10.1. The molecule has 0 fully saturated rings. The Bertz CT molecular complexity index is 216. The first-order valence-corrected chi connectivity index (χ1v) is 8.27. The maximum atomic E-state index is 2.50. The lowest BCUT2D eigenvalue weighted by Crippen LogP contribution is -2.41. The fourth-order valence-electron chi connectivity index (χ4n) is 1.57. The largest absolute Gasteiger partial charge is 0.0844 e. The van der Waals surface area contributed by atoms with Crippen LogP contribution in [0.25, 0.3) is 0 Å². The highest BCUT2D eigenvalue weighted by molar-refractivity contribution is 6.82. The van der Waals surface area contributed by atoms with Crippen LogP contribution in [0.4, 0.5) is 0 Å². The van der Waals surface area contributed by atoms with Crippen LogP contribution < -0.4 is 0 Å². The van der Waals surface area contributed by atoms with Crippen molar-refractivity contribution in [2.45, 2.75) is 50.9 Å². The van der Waals surface area contributed by atoms with Crippen molar-refractivity contribution < 1.29 is 0 Å². The van der Waals surface area contributed by atoms with Crippen LogP contribution in [0.3, 0.4) is 0 Å². The highest BCUT2D eigenvalue weighted by atomic mass is 28.3. The molecule has 0 nitrogen and oxygen atoms in total. The number of allylic oxidation sites excluding steroid dienone is 4. The quantitative estimate of drug-likeness (QED) is 0.429. The van der Waals surface area contributed by atoms with Crippen molar-refractivity contribution >= 4 is 8.07 Å². The zero-order valence-electron chi connectivity index (χ0n) is 9.59. The van der Waals surface area contributed by atoms with Crippen molar-refractivity contribution in [1.29, 1.82) is 0 Å². The number of hydrogen-bond donors (Lipinski definition) is 0. The summed E-state index contributed by atoms with van der Waals surface area (Å²) in [7, 11) is -1.18. The molecule has 0 spiro atoms. The Hall–Kier alpha value is -0.303.